The Kier molecular flexibility index (Phi) is 5.01. The average molecular weight is 383 g/mol. The van der Waals surface area contributed by atoms with Crippen LogP contribution >= 0.6 is 0 Å². The van der Waals surface area contributed by atoms with Crippen LogP contribution in [0.2, 0.25) is 0 Å². The average Bonchev–Trinajstić information content (AvgIpc) is 3.17. The van der Waals surface area contributed by atoms with Crippen LogP contribution in [0.1, 0.15) is 17.0 Å². The van der Waals surface area contributed by atoms with Crippen LogP contribution in [0.3, 0.4) is 0 Å². The quantitative estimate of drug-likeness (QED) is 0.553. The van der Waals surface area contributed by atoms with Gasteiger partial charge < -0.3 is 9.88 Å². The van der Waals surface area contributed by atoms with E-state index >= 15 is 0 Å². The molecule has 1 aliphatic rings. The van der Waals surface area contributed by atoms with Crippen molar-refractivity contribution in [1.82, 2.24) is 14.9 Å². The first kappa shape index (κ1) is 18.0. The van der Waals surface area contributed by atoms with Crippen molar-refractivity contribution in [3.05, 3.63) is 95.8 Å². The molecule has 0 aliphatic carbocycles. The number of hydrogen-bond donors (Lipinski definition) is 1. The Balaban J connectivity index is 1.23. The van der Waals surface area contributed by atoms with Crippen molar-refractivity contribution in [3.63, 3.8) is 0 Å². The number of rotatable bonds is 5. The molecule has 1 fully saturated rings. The van der Waals surface area contributed by atoms with Gasteiger partial charge in [-0.2, -0.15) is 0 Å². The fourth-order valence-electron chi connectivity index (χ4n) is 4.14. The highest BCUT2D eigenvalue weighted by molar-refractivity contribution is 5.76. The van der Waals surface area contributed by atoms with Crippen LogP contribution < -0.4 is 4.90 Å². The van der Waals surface area contributed by atoms with E-state index in [1.807, 2.05) is 6.07 Å². The molecule has 4 aromatic rings. The molecule has 5 rings (SSSR count). The zero-order chi connectivity index (χ0) is 19.5. The van der Waals surface area contributed by atoms with Crippen LogP contribution in [-0.4, -0.2) is 41.0 Å². The summed E-state index contributed by atoms with van der Waals surface area (Å²) >= 11 is 0. The lowest BCUT2D eigenvalue weighted by atomic mass is 10.1. The Morgan fingerprint density at radius 2 is 1.48 bits per heavy atom. The first-order valence-corrected chi connectivity index (χ1v) is 10.4. The Morgan fingerprint density at radius 1 is 0.759 bits per heavy atom. The zero-order valence-corrected chi connectivity index (χ0v) is 16.6. The number of nitrogens with one attached hydrogen (secondary N) is 1. The van der Waals surface area contributed by atoms with Gasteiger partial charge in [-0.05, 0) is 35.4 Å². The molecular weight excluding hydrogens is 356 g/mol. The highest BCUT2D eigenvalue weighted by atomic mass is 15.3. The molecule has 146 valence electrons. The second kappa shape index (κ2) is 8.10. The van der Waals surface area contributed by atoms with Gasteiger partial charge in [-0.1, -0.05) is 54.6 Å². The Bertz CT molecular complexity index is 1060. The number of fused-ring (bicyclic) bond motifs is 1. The van der Waals surface area contributed by atoms with Crippen LogP contribution in [-0.2, 0) is 13.0 Å². The van der Waals surface area contributed by atoms with E-state index in [1.165, 1.54) is 16.8 Å². The van der Waals surface area contributed by atoms with Crippen LogP contribution in [0.4, 0.5) is 5.69 Å². The van der Waals surface area contributed by atoms with Gasteiger partial charge >= 0.3 is 0 Å². The molecule has 4 heteroatoms. The van der Waals surface area contributed by atoms with Crippen molar-refractivity contribution in [2.45, 2.75) is 13.0 Å². The fourth-order valence-corrected chi connectivity index (χ4v) is 4.14. The minimum absolute atomic E-state index is 0.840. The monoisotopic (exact) mass is 382 g/mol. The minimum Gasteiger partial charge on any atom is -0.369 e. The van der Waals surface area contributed by atoms with Gasteiger partial charge in [0.05, 0.1) is 11.0 Å². The van der Waals surface area contributed by atoms with Crippen LogP contribution in [0.15, 0.2) is 78.9 Å². The molecule has 0 radical (unpaired) electrons. The standard InChI is InChI=1S/C25H26N4/c1-3-7-20(8-4-1)18-25-26-23-12-11-21(17-24(23)27-25)19-28-13-15-29(16-14-28)22-9-5-2-6-10-22/h1-12,17H,13-16,18-19H2,(H,26,27). The number of aromatic amines is 1. The fraction of sp³-hybridized carbons (Fsp3) is 0.240. The lowest BCUT2D eigenvalue weighted by molar-refractivity contribution is 0.250. The van der Waals surface area contributed by atoms with Crippen molar-refractivity contribution in [2.75, 3.05) is 31.1 Å². The molecule has 0 spiro atoms. The molecular formula is C25H26N4. The van der Waals surface area contributed by atoms with Crippen molar-refractivity contribution < 1.29 is 0 Å². The van der Waals surface area contributed by atoms with Gasteiger partial charge in [0.2, 0.25) is 0 Å². The van der Waals surface area contributed by atoms with Crippen LogP contribution in [0, 0.1) is 0 Å². The highest BCUT2D eigenvalue weighted by Gasteiger charge is 2.17. The second-order valence-electron chi connectivity index (χ2n) is 7.80. The molecule has 3 aromatic carbocycles. The maximum absolute atomic E-state index is 4.76. The van der Waals surface area contributed by atoms with E-state index in [0.717, 1.165) is 56.0 Å². The molecule has 1 aliphatic heterocycles. The summed E-state index contributed by atoms with van der Waals surface area (Å²) in [5.41, 5.74) is 6.14. The molecule has 29 heavy (non-hydrogen) atoms. The summed E-state index contributed by atoms with van der Waals surface area (Å²) in [4.78, 5) is 13.3. The van der Waals surface area contributed by atoms with E-state index in [1.54, 1.807) is 0 Å². The topological polar surface area (TPSA) is 35.2 Å². The van der Waals surface area contributed by atoms with E-state index in [-0.39, 0.29) is 0 Å². The normalized spacial score (nSPS) is 15.1. The summed E-state index contributed by atoms with van der Waals surface area (Å²) in [6.45, 7) is 5.34. The summed E-state index contributed by atoms with van der Waals surface area (Å²) in [6.07, 6.45) is 0.840. The molecule has 0 bridgehead atoms. The van der Waals surface area contributed by atoms with Gasteiger partial charge in [0.1, 0.15) is 5.82 Å². The zero-order valence-electron chi connectivity index (χ0n) is 16.6. The van der Waals surface area contributed by atoms with Crippen molar-refractivity contribution >= 4 is 16.7 Å². The maximum Gasteiger partial charge on any atom is 0.111 e. The first-order valence-electron chi connectivity index (χ1n) is 10.4. The lowest BCUT2D eigenvalue weighted by Gasteiger charge is -2.36. The lowest BCUT2D eigenvalue weighted by Crippen LogP contribution is -2.45. The first-order chi connectivity index (χ1) is 14.3. The largest absolute Gasteiger partial charge is 0.369 e. The molecule has 0 atom stereocenters. The van der Waals surface area contributed by atoms with Crippen LogP contribution in [0.25, 0.3) is 11.0 Å². The number of aromatic nitrogens is 2. The smallest absolute Gasteiger partial charge is 0.111 e. The second-order valence-corrected chi connectivity index (χ2v) is 7.80. The SMILES string of the molecule is c1ccc(Cc2nc3ccc(CN4CCN(c5ccccc5)CC4)cc3[nH]2)cc1. The van der Waals surface area contributed by atoms with Gasteiger partial charge in [0.25, 0.3) is 0 Å². The van der Waals surface area contributed by atoms with Crippen molar-refractivity contribution in [3.8, 4) is 0 Å². The molecule has 2 heterocycles. The summed E-state index contributed by atoms with van der Waals surface area (Å²) < 4.78 is 0. The number of nitrogens with zero attached hydrogens (tertiary/aromatic N) is 3. The number of anilines is 1. The van der Waals surface area contributed by atoms with Gasteiger partial charge in [0.15, 0.2) is 0 Å². The van der Waals surface area contributed by atoms with Gasteiger partial charge in [-0.3, -0.25) is 4.90 Å². The summed E-state index contributed by atoms with van der Waals surface area (Å²) in [5, 5.41) is 0. The third-order valence-corrected chi connectivity index (χ3v) is 5.71. The van der Waals surface area contributed by atoms with E-state index < -0.39 is 0 Å². The Morgan fingerprint density at radius 3 is 2.24 bits per heavy atom. The van der Waals surface area contributed by atoms with Crippen molar-refractivity contribution in [2.24, 2.45) is 0 Å². The minimum atomic E-state index is 0.840. The van der Waals surface area contributed by atoms with E-state index in [0.29, 0.717) is 0 Å². The summed E-state index contributed by atoms with van der Waals surface area (Å²) in [7, 11) is 0. The number of para-hydroxylation sites is 1. The third kappa shape index (κ3) is 4.17. The number of H-pyrrole nitrogens is 1. The predicted molar refractivity (Wildman–Crippen MR) is 119 cm³/mol. The highest BCUT2D eigenvalue weighted by Crippen LogP contribution is 2.19. The number of imidazole rings is 1. The Hall–Kier alpha value is -3.11. The molecule has 0 saturated carbocycles. The number of piperazine rings is 1. The molecule has 0 unspecified atom stereocenters. The van der Waals surface area contributed by atoms with Gasteiger partial charge in [-0.25, -0.2) is 4.98 Å². The van der Waals surface area contributed by atoms with E-state index in [2.05, 4.69) is 87.6 Å². The van der Waals surface area contributed by atoms with Crippen LogP contribution in [0.5, 0.6) is 0 Å². The number of benzene rings is 3. The molecule has 0 amide bonds. The third-order valence-electron chi connectivity index (χ3n) is 5.71. The summed E-state index contributed by atoms with van der Waals surface area (Å²) in [6, 6.07) is 27.9. The van der Waals surface area contributed by atoms with Gasteiger partial charge in [-0.15, -0.1) is 0 Å². The van der Waals surface area contributed by atoms with Gasteiger partial charge in [0, 0.05) is 44.8 Å². The Labute approximate surface area is 171 Å². The van der Waals surface area contributed by atoms with E-state index in [9.17, 15) is 0 Å². The van der Waals surface area contributed by atoms with E-state index in [4.69, 9.17) is 4.98 Å². The van der Waals surface area contributed by atoms with Crippen molar-refractivity contribution in [1.29, 1.82) is 0 Å². The number of hydrogen-bond acceptors (Lipinski definition) is 3. The molecule has 4 nitrogen and oxygen atoms in total. The molecule has 1 saturated heterocycles. The molecule has 1 aromatic heterocycles. The summed E-state index contributed by atoms with van der Waals surface area (Å²) in [5.74, 6) is 1.03. The molecule has 1 N–H and O–H groups in total. The maximum atomic E-state index is 4.76. The predicted octanol–water partition coefficient (Wildman–Crippen LogP) is 4.48.